The number of hydrogen-bond acceptors (Lipinski definition) is 0. The molecule has 1 unspecified atom stereocenters. The summed E-state index contributed by atoms with van der Waals surface area (Å²) in [5.41, 5.74) is 3.44. The summed E-state index contributed by atoms with van der Waals surface area (Å²) in [6, 6.07) is 18.8. The monoisotopic (exact) mass is 422 g/mol. The number of benzene rings is 3. The molecule has 0 radical (unpaired) electrons. The Morgan fingerprint density at radius 3 is 2.24 bits per heavy atom. The van der Waals surface area contributed by atoms with Gasteiger partial charge in [0.15, 0.2) is 0 Å². The van der Waals surface area contributed by atoms with Crippen LogP contribution in [0, 0.1) is 6.92 Å². The van der Waals surface area contributed by atoms with Gasteiger partial charge < -0.3 is 0 Å². The van der Waals surface area contributed by atoms with E-state index in [0.29, 0.717) is 0 Å². The summed E-state index contributed by atoms with van der Waals surface area (Å²) in [7, 11) is 0. The van der Waals surface area contributed by atoms with Crippen molar-refractivity contribution >= 4 is 54.2 Å². The Hall–Kier alpha value is -0.830. The number of aryl methyl sites for hydroxylation is 1. The molecule has 21 heavy (non-hydrogen) atoms. The van der Waals surface area contributed by atoms with E-state index in [9.17, 15) is 0 Å². The molecule has 0 aliphatic carbocycles. The van der Waals surface area contributed by atoms with Crippen molar-refractivity contribution in [1.29, 1.82) is 0 Å². The van der Waals surface area contributed by atoms with E-state index < -0.39 is 0 Å². The first-order chi connectivity index (χ1) is 10.1. The molecule has 0 N–H and O–H groups in total. The fraction of sp³-hybridized carbons (Fsp3) is 0.111. The summed E-state index contributed by atoms with van der Waals surface area (Å²) < 4.78 is 2.13. The van der Waals surface area contributed by atoms with E-state index in [2.05, 4.69) is 81.2 Å². The first kappa shape index (κ1) is 15.1. The summed E-state index contributed by atoms with van der Waals surface area (Å²) in [4.78, 5) is 0. The van der Waals surface area contributed by atoms with Crippen LogP contribution in [0.1, 0.15) is 22.1 Å². The van der Waals surface area contributed by atoms with Gasteiger partial charge >= 0.3 is 0 Å². The lowest BCUT2D eigenvalue weighted by Crippen LogP contribution is -1.97. The molecule has 0 heterocycles. The van der Waals surface area contributed by atoms with Gasteiger partial charge in [-0.15, -0.1) is 11.6 Å². The number of fused-ring (bicyclic) bond motifs is 1. The van der Waals surface area contributed by atoms with Gasteiger partial charge in [0.2, 0.25) is 0 Å². The Balaban J connectivity index is 2.20. The average Bonchev–Trinajstić information content (AvgIpc) is 2.50. The molecule has 0 saturated heterocycles. The van der Waals surface area contributed by atoms with Crippen LogP contribution in [0.4, 0.5) is 0 Å². The van der Waals surface area contributed by atoms with Crippen molar-refractivity contribution < 1.29 is 0 Å². The Kier molecular flexibility index (Phi) is 4.39. The third-order valence-corrected chi connectivity index (χ3v) is 5.49. The predicted molar refractivity (Wildman–Crippen MR) is 98.2 cm³/mol. The number of rotatable bonds is 2. The highest BCUT2D eigenvalue weighted by Gasteiger charge is 2.17. The van der Waals surface area contributed by atoms with Gasteiger partial charge in [-0.05, 0) is 41.0 Å². The Bertz CT molecular complexity index is 811. The van der Waals surface area contributed by atoms with Crippen molar-refractivity contribution in [3.8, 4) is 0 Å². The molecule has 0 saturated carbocycles. The number of alkyl halides is 1. The van der Waals surface area contributed by atoms with Crippen molar-refractivity contribution in [3.63, 3.8) is 0 Å². The maximum atomic E-state index is 6.79. The van der Waals surface area contributed by atoms with Crippen LogP contribution in [-0.2, 0) is 0 Å². The lowest BCUT2D eigenvalue weighted by molar-refractivity contribution is 1.13. The molecule has 3 rings (SSSR count). The lowest BCUT2D eigenvalue weighted by Gasteiger charge is -2.16. The molecule has 0 aliphatic rings. The summed E-state index contributed by atoms with van der Waals surface area (Å²) in [6.45, 7) is 2.08. The van der Waals surface area contributed by atoms with E-state index >= 15 is 0 Å². The highest BCUT2D eigenvalue weighted by atomic mass is 79.9. The number of halogens is 3. The van der Waals surface area contributed by atoms with Crippen molar-refractivity contribution in [2.75, 3.05) is 0 Å². The first-order valence-electron chi connectivity index (χ1n) is 6.65. The van der Waals surface area contributed by atoms with Gasteiger partial charge in [0.05, 0.1) is 5.38 Å². The minimum atomic E-state index is -0.183. The van der Waals surface area contributed by atoms with Crippen LogP contribution >= 0.6 is 43.5 Å². The van der Waals surface area contributed by atoms with E-state index in [4.69, 9.17) is 11.6 Å². The molecule has 0 amide bonds. The van der Waals surface area contributed by atoms with Crippen LogP contribution < -0.4 is 0 Å². The first-order valence-corrected chi connectivity index (χ1v) is 8.67. The molecular weight excluding hydrogens is 411 g/mol. The molecule has 0 fully saturated rings. The molecule has 3 aromatic carbocycles. The molecule has 106 valence electrons. The van der Waals surface area contributed by atoms with Crippen LogP contribution in [0.5, 0.6) is 0 Å². The van der Waals surface area contributed by atoms with Gasteiger partial charge in [-0.25, -0.2) is 0 Å². The predicted octanol–water partition coefficient (Wildman–Crippen LogP) is 7.00. The highest BCUT2D eigenvalue weighted by molar-refractivity contribution is 9.11. The van der Waals surface area contributed by atoms with E-state index in [1.807, 2.05) is 12.1 Å². The van der Waals surface area contributed by atoms with Crippen LogP contribution in [0.2, 0.25) is 0 Å². The quantitative estimate of drug-likeness (QED) is 0.389. The fourth-order valence-corrected chi connectivity index (χ4v) is 3.99. The summed E-state index contributed by atoms with van der Waals surface area (Å²) in [5, 5.41) is 2.18. The Morgan fingerprint density at radius 1 is 0.810 bits per heavy atom. The largest absolute Gasteiger partial charge is 0.113 e. The second-order valence-corrected chi connectivity index (χ2v) is 7.21. The van der Waals surface area contributed by atoms with Crippen molar-refractivity contribution in [1.82, 2.24) is 0 Å². The van der Waals surface area contributed by atoms with Crippen molar-refractivity contribution in [2.24, 2.45) is 0 Å². The molecule has 0 bridgehead atoms. The fourth-order valence-electron chi connectivity index (χ4n) is 2.53. The molecule has 1 atom stereocenters. The molecule has 3 aromatic rings. The Labute approximate surface area is 146 Å². The maximum Gasteiger partial charge on any atom is 0.0852 e. The van der Waals surface area contributed by atoms with Gasteiger partial charge in [-0.3, -0.25) is 0 Å². The van der Waals surface area contributed by atoms with E-state index in [1.54, 1.807) is 0 Å². The third-order valence-electron chi connectivity index (χ3n) is 3.60. The van der Waals surface area contributed by atoms with Gasteiger partial charge in [0.1, 0.15) is 0 Å². The standard InChI is InChI=1S/C18H13Br2Cl/c1-11-6-8-17(20)15(10-11)18(21)14-7-9-16(19)13-5-3-2-4-12(13)14/h2-10,18H,1H3. The van der Waals surface area contributed by atoms with Gasteiger partial charge in [-0.2, -0.15) is 0 Å². The van der Waals surface area contributed by atoms with E-state index in [1.165, 1.54) is 16.3 Å². The zero-order valence-corrected chi connectivity index (χ0v) is 15.3. The zero-order chi connectivity index (χ0) is 15.0. The minimum Gasteiger partial charge on any atom is -0.113 e. The van der Waals surface area contributed by atoms with E-state index in [0.717, 1.165) is 20.1 Å². The van der Waals surface area contributed by atoms with Crippen molar-refractivity contribution in [2.45, 2.75) is 12.3 Å². The minimum absolute atomic E-state index is 0.183. The second kappa shape index (κ2) is 6.12. The van der Waals surface area contributed by atoms with Crippen LogP contribution in [0.3, 0.4) is 0 Å². The van der Waals surface area contributed by atoms with Crippen molar-refractivity contribution in [3.05, 3.63) is 80.2 Å². The Morgan fingerprint density at radius 2 is 1.48 bits per heavy atom. The topological polar surface area (TPSA) is 0 Å². The maximum absolute atomic E-state index is 6.79. The van der Waals surface area contributed by atoms with Gasteiger partial charge in [-0.1, -0.05) is 79.9 Å². The summed E-state index contributed by atoms with van der Waals surface area (Å²) in [5.74, 6) is 0. The van der Waals surface area contributed by atoms with Crippen LogP contribution in [0.25, 0.3) is 10.8 Å². The smallest absolute Gasteiger partial charge is 0.0852 e. The molecular formula is C18H13Br2Cl. The van der Waals surface area contributed by atoms with Gasteiger partial charge in [0.25, 0.3) is 0 Å². The zero-order valence-electron chi connectivity index (χ0n) is 11.4. The SMILES string of the molecule is Cc1ccc(Br)c(C(Cl)c2ccc(Br)c3ccccc23)c1. The highest BCUT2D eigenvalue weighted by Crippen LogP contribution is 2.39. The van der Waals surface area contributed by atoms with Crippen LogP contribution in [0.15, 0.2) is 63.5 Å². The molecule has 0 aliphatic heterocycles. The summed E-state index contributed by atoms with van der Waals surface area (Å²) in [6.07, 6.45) is 0. The molecule has 0 aromatic heterocycles. The van der Waals surface area contributed by atoms with Gasteiger partial charge in [0, 0.05) is 8.95 Å². The number of hydrogen-bond donors (Lipinski definition) is 0. The van der Waals surface area contributed by atoms with Crippen LogP contribution in [-0.4, -0.2) is 0 Å². The average molecular weight is 425 g/mol. The summed E-state index contributed by atoms with van der Waals surface area (Å²) >= 11 is 14.0. The molecule has 3 heteroatoms. The molecule has 0 spiro atoms. The lowest BCUT2D eigenvalue weighted by atomic mass is 9.97. The molecule has 0 nitrogen and oxygen atoms in total. The second-order valence-electron chi connectivity index (χ2n) is 5.07. The van der Waals surface area contributed by atoms with E-state index in [-0.39, 0.29) is 5.38 Å². The normalized spacial score (nSPS) is 12.6. The third kappa shape index (κ3) is 2.90.